The highest BCUT2D eigenvalue weighted by atomic mass is 16.5. The van der Waals surface area contributed by atoms with Crippen LogP contribution in [0.25, 0.3) is 0 Å². The predicted octanol–water partition coefficient (Wildman–Crippen LogP) is 3.41. The molecule has 2 heteroatoms. The van der Waals surface area contributed by atoms with Gasteiger partial charge in [-0.1, -0.05) is 38.0 Å². The minimum atomic E-state index is -0.680. The fourth-order valence-corrected chi connectivity index (χ4v) is 3.46. The molecule has 2 aliphatic rings. The molecule has 18 heavy (non-hydrogen) atoms. The molecule has 1 aliphatic carbocycles. The lowest BCUT2D eigenvalue weighted by Crippen LogP contribution is -2.37. The Morgan fingerprint density at radius 1 is 1.28 bits per heavy atom. The van der Waals surface area contributed by atoms with Gasteiger partial charge in [0.25, 0.3) is 0 Å². The Balaban J connectivity index is 2.05. The molecule has 98 valence electrons. The van der Waals surface area contributed by atoms with Gasteiger partial charge in [-0.2, -0.15) is 0 Å². The Hall–Kier alpha value is -1.02. The molecule has 1 aromatic carbocycles. The molecule has 0 saturated heterocycles. The van der Waals surface area contributed by atoms with E-state index >= 15 is 0 Å². The lowest BCUT2D eigenvalue weighted by Gasteiger charge is -2.40. The van der Waals surface area contributed by atoms with Crippen molar-refractivity contribution in [1.29, 1.82) is 0 Å². The van der Waals surface area contributed by atoms with E-state index in [1.54, 1.807) is 0 Å². The summed E-state index contributed by atoms with van der Waals surface area (Å²) in [4.78, 5) is 0. The van der Waals surface area contributed by atoms with Gasteiger partial charge in [0, 0.05) is 5.56 Å². The van der Waals surface area contributed by atoms with E-state index in [2.05, 4.69) is 25.1 Å². The molecule has 1 N–H and O–H groups in total. The van der Waals surface area contributed by atoms with Crippen molar-refractivity contribution in [3.63, 3.8) is 0 Å². The van der Waals surface area contributed by atoms with Crippen LogP contribution < -0.4 is 4.74 Å². The van der Waals surface area contributed by atoms with E-state index in [-0.39, 0.29) is 0 Å². The maximum absolute atomic E-state index is 11.1. The van der Waals surface area contributed by atoms with E-state index in [0.717, 1.165) is 50.0 Å². The summed E-state index contributed by atoms with van der Waals surface area (Å²) in [5.74, 6) is 1.29. The molecule has 0 amide bonds. The summed E-state index contributed by atoms with van der Waals surface area (Å²) in [6.45, 7) is 2.95. The van der Waals surface area contributed by atoms with E-state index < -0.39 is 5.60 Å². The molecule has 1 saturated carbocycles. The summed E-state index contributed by atoms with van der Waals surface area (Å²) >= 11 is 0. The van der Waals surface area contributed by atoms with Crippen LogP contribution in [0.2, 0.25) is 0 Å². The normalized spacial score (nSPS) is 31.6. The number of aliphatic hydroxyl groups is 1. The van der Waals surface area contributed by atoms with E-state index in [4.69, 9.17) is 4.74 Å². The first-order valence-electron chi connectivity index (χ1n) is 7.19. The number of aryl methyl sites for hydroxylation is 1. The van der Waals surface area contributed by atoms with Gasteiger partial charge in [-0.15, -0.1) is 0 Å². The summed E-state index contributed by atoms with van der Waals surface area (Å²) in [6.07, 6.45) is 6.50. The zero-order chi connectivity index (χ0) is 12.6. The first-order valence-corrected chi connectivity index (χ1v) is 7.19. The molecule has 1 aliphatic heterocycles. The SMILES string of the molecule is CC1CCCCC1(O)c1cccc2c1OCCC2. The van der Waals surface area contributed by atoms with Crippen molar-refractivity contribution in [3.05, 3.63) is 29.3 Å². The number of para-hydroxylation sites is 1. The number of hydrogen-bond donors (Lipinski definition) is 1. The Bertz CT molecular complexity index is 441. The average Bonchev–Trinajstić information content (AvgIpc) is 2.41. The number of fused-ring (bicyclic) bond motifs is 1. The Kier molecular flexibility index (Phi) is 3.06. The zero-order valence-corrected chi connectivity index (χ0v) is 11.1. The first-order chi connectivity index (χ1) is 8.72. The molecular weight excluding hydrogens is 224 g/mol. The standard InChI is InChI=1S/C16H22O2/c1-12-6-2-3-10-16(12,17)14-9-4-7-13-8-5-11-18-15(13)14/h4,7,9,12,17H,2-3,5-6,8,10-11H2,1H3. The Morgan fingerprint density at radius 2 is 2.17 bits per heavy atom. The number of ether oxygens (including phenoxy) is 1. The van der Waals surface area contributed by atoms with E-state index in [1.807, 2.05) is 0 Å². The van der Waals surface area contributed by atoms with Crippen LogP contribution >= 0.6 is 0 Å². The Labute approximate surface area is 109 Å². The van der Waals surface area contributed by atoms with Gasteiger partial charge in [0.2, 0.25) is 0 Å². The van der Waals surface area contributed by atoms with Crippen LogP contribution in [-0.4, -0.2) is 11.7 Å². The fraction of sp³-hybridized carbons (Fsp3) is 0.625. The molecule has 1 fully saturated rings. The van der Waals surface area contributed by atoms with Gasteiger partial charge < -0.3 is 9.84 Å². The van der Waals surface area contributed by atoms with Crippen molar-refractivity contribution in [3.8, 4) is 5.75 Å². The van der Waals surface area contributed by atoms with Crippen molar-refractivity contribution >= 4 is 0 Å². The Morgan fingerprint density at radius 3 is 3.00 bits per heavy atom. The van der Waals surface area contributed by atoms with Gasteiger partial charge in [0.15, 0.2) is 0 Å². The molecule has 1 aromatic rings. The maximum Gasteiger partial charge on any atom is 0.128 e. The minimum absolute atomic E-state index is 0.322. The summed E-state index contributed by atoms with van der Waals surface area (Å²) in [5.41, 5.74) is 1.62. The highest BCUT2D eigenvalue weighted by Crippen LogP contribution is 2.46. The fourth-order valence-electron chi connectivity index (χ4n) is 3.46. The molecular formula is C16H22O2. The van der Waals surface area contributed by atoms with Gasteiger partial charge >= 0.3 is 0 Å². The molecule has 2 atom stereocenters. The quantitative estimate of drug-likeness (QED) is 0.823. The van der Waals surface area contributed by atoms with Gasteiger partial charge in [-0.3, -0.25) is 0 Å². The lowest BCUT2D eigenvalue weighted by molar-refractivity contribution is -0.0491. The van der Waals surface area contributed by atoms with E-state index in [1.165, 1.54) is 12.0 Å². The molecule has 0 radical (unpaired) electrons. The van der Waals surface area contributed by atoms with Crippen LogP contribution in [0.3, 0.4) is 0 Å². The third-order valence-corrected chi connectivity index (χ3v) is 4.66. The zero-order valence-electron chi connectivity index (χ0n) is 11.1. The van der Waals surface area contributed by atoms with Crippen molar-refractivity contribution in [2.45, 2.75) is 51.0 Å². The molecule has 0 bridgehead atoms. The van der Waals surface area contributed by atoms with Gasteiger partial charge in [0.05, 0.1) is 12.2 Å². The largest absolute Gasteiger partial charge is 0.493 e. The van der Waals surface area contributed by atoms with Crippen LogP contribution in [0.4, 0.5) is 0 Å². The third-order valence-electron chi connectivity index (χ3n) is 4.66. The highest BCUT2D eigenvalue weighted by molar-refractivity contribution is 5.46. The van der Waals surface area contributed by atoms with Crippen LogP contribution in [0.5, 0.6) is 5.75 Å². The van der Waals surface area contributed by atoms with Crippen molar-refractivity contribution < 1.29 is 9.84 Å². The molecule has 0 aromatic heterocycles. The second kappa shape index (κ2) is 4.58. The first kappa shape index (κ1) is 12.0. The monoisotopic (exact) mass is 246 g/mol. The van der Waals surface area contributed by atoms with Crippen molar-refractivity contribution in [2.24, 2.45) is 5.92 Å². The van der Waals surface area contributed by atoms with Crippen LogP contribution in [-0.2, 0) is 12.0 Å². The minimum Gasteiger partial charge on any atom is -0.493 e. The highest BCUT2D eigenvalue weighted by Gasteiger charge is 2.40. The van der Waals surface area contributed by atoms with Crippen molar-refractivity contribution in [1.82, 2.24) is 0 Å². The van der Waals surface area contributed by atoms with Crippen LogP contribution in [0.15, 0.2) is 18.2 Å². The van der Waals surface area contributed by atoms with E-state index in [0.29, 0.717) is 5.92 Å². The topological polar surface area (TPSA) is 29.5 Å². The molecule has 2 unspecified atom stereocenters. The number of rotatable bonds is 1. The predicted molar refractivity (Wildman–Crippen MR) is 71.8 cm³/mol. The lowest BCUT2D eigenvalue weighted by atomic mass is 9.71. The molecule has 0 spiro atoms. The molecule has 2 nitrogen and oxygen atoms in total. The van der Waals surface area contributed by atoms with Gasteiger partial charge in [-0.25, -0.2) is 0 Å². The summed E-state index contributed by atoms with van der Waals surface area (Å²) in [6, 6.07) is 6.27. The second-order valence-electron chi connectivity index (χ2n) is 5.82. The number of hydrogen-bond acceptors (Lipinski definition) is 2. The molecule has 1 heterocycles. The van der Waals surface area contributed by atoms with Crippen LogP contribution in [0, 0.1) is 5.92 Å². The van der Waals surface area contributed by atoms with E-state index in [9.17, 15) is 5.11 Å². The average molecular weight is 246 g/mol. The molecule has 3 rings (SSSR count). The maximum atomic E-state index is 11.1. The van der Waals surface area contributed by atoms with Crippen LogP contribution in [0.1, 0.15) is 50.2 Å². The summed E-state index contributed by atoms with van der Waals surface area (Å²) in [5, 5.41) is 11.1. The smallest absolute Gasteiger partial charge is 0.128 e. The third kappa shape index (κ3) is 1.83. The second-order valence-corrected chi connectivity index (χ2v) is 5.82. The van der Waals surface area contributed by atoms with Gasteiger partial charge in [0.1, 0.15) is 5.75 Å². The van der Waals surface area contributed by atoms with Crippen molar-refractivity contribution in [2.75, 3.05) is 6.61 Å². The number of benzene rings is 1. The summed E-state index contributed by atoms with van der Waals surface area (Å²) in [7, 11) is 0. The van der Waals surface area contributed by atoms with Gasteiger partial charge in [-0.05, 0) is 37.2 Å². The summed E-state index contributed by atoms with van der Waals surface area (Å²) < 4.78 is 5.86.